The average Bonchev–Trinajstić information content (AvgIpc) is 2.47. The van der Waals surface area contributed by atoms with Crippen LogP contribution in [0.25, 0.3) is 0 Å². The highest BCUT2D eigenvalue weighted by Crippen LogP contribution is 2.11. The minimum absolute atomic E-state index is 0.141. The van der Waals surface area contributed by atoms with E-state index in [4.69, 9.17) is 4.74 Å². The minimum atomic E-state index is -1.10. The van der Waals surface area contributed by atoms with E-state index in [1.54, 1.807) is 0 Å². The van der Waals surface area contributed by atoms with E-state index in [-0.39, 0.29) is 12.1 Å². The molecule has 0 aromatic carbocycles. The summed E-state index contributed by atoms with van der Waals surface area (Å²) in [6.45, 7) is 4.64. The number of aromatic nitrogens is 3. The van der Waals surface area contributed by atoms with Gasteiger partial charge in [0.1, 0.15) is 0 Å². The normalized spacial score (nSPS) is 16.9. The molecule has 2 heterocycles. The number of rotatable bonds is 2. The summed E-state index contributed by atoms with van der Waals surface area (Å²) < 4.78 is 6.36. The first-order chi connectivity index (χ1) is 7.91. The largest absolute Gasteiger partial charge is 0.436 e. The highest BCUT2D eigenvalue weighted by atomic mass is 16.6. The van der Waals surface area contributed by atoms with E-state index in [2.05, 4.69) is 6.58 Å². The molecule has 1 aromatic rings. The van der Waals surface area contributed by atoms with Crippen LogP contribution in [0.4, 0.5) is 0 Å². The molecule has 8 heteroatoms. The lowest BCUT2D eigenvalue weighted by Gasteiger charge is -2.11. The number of hydrogen-bond acceptors (Lipinski definition) is 5. The predicted molar refractivity (Wildman–Crippen MR) is 55.5 cm³/mol. The Morgan fingerprint density at radius 3 is 2.65 bits per heavy atom. The summed E-state index contributed by atoms with van der Waals surface area (Å²) in [4.78, 5) is 47.4. The maximum absolute atomic E-state index is 11.5. The van der Waals surface area contributed by atoms with E-state index >= 15 is 0 Å². The van der Waals surface area contributed by atoms with Crippen molar-refractivity contribution >= 4 is 5.97 Å². The fraction of sp³-hybridized carbons (Fsp3) is 0.333. The highest BCUT2D eigenvalue weighted by molar-refractivity contribution is 5.86. The number of carbonyl (C=O) groups is 1. The van der Waals surface area contributed by atoms with E-state index in [9.17, 15) is 19.2 Å². The summed E-state index contributed by atoms with van der Waals surface area (Å²) in [5.74, 6) is -0.725. The number of nitrogens with zero attached hydrogens (tertiary/aromatic N) is 2. The van der Waals surface area contributed by atoms with Crippen molar-refractivity contribution in [1.82, 2.24) is 14.1 Å². The molecule has 0 spiro atoms. The second kappa shape index (κ2) is 3.58. The Kier molecular flexibility index (Phi) is 2.34. The molecule has 8 nitrogen and oxygen atoms in total. The van der Waals surface area contributed by atoms with Crippen LogP contribution in [-0.4, -0.2) is 20.1 Å². The Balaban J connectivity index is 2.44. The molecule has 0 fully saturated rings. The molecule has 1 atom stereocenters. The van der Waals surface area contributed by atoms with Gasteiger partial charge in [-0.3, -0.25) is 4.98 Å². The molecule has 1 aliphatic heterocycles. The van der Waals surface area contributed by atoms with Crippen LogP contribution in [0.2, 0.25) is 0 Å². The van der Waals surface area contributed by atoms with E-state index in [1.165, 1.54) is 6.92 Å². The Morgan fingerprint density at radius 2 is 2.06 bits per heavy atom. The molecule has 0 aliphatic carbocycles. The van der Waals surface area contributed by atoms with Crippen molar-refractivity contribution in [2.45, 2.75) is 19.7 Å². The van der Waals surface area contributed by atoms with E-state index in [0.29, 0.717) is 4.57 Å². The van der Waals surface area contributed by atoms with Gasteiger partial charge in [-0.15, -0.1) is 0 Å². The molecule has 0 saturated heterocycles. The summed E-state index contributed by atoms with van der Waals surface area (Å²) in [5.41, 5.74) is -2.36. The first kappa shape index (κ1) is 11.1. The average molecular weight is 239 g/mol. The fourth-order valence-corrected chi connectivity index (χ4v) is 1.49. The Labute approximate surface area is 93.8 Å². The third-order valence-corrected chi connectivity index (χ3v) is 2.33. The first-order valence-corrected chi connectivity index (χ1v) is 4.74. The summed E-state index contributed by atoms with van der Waals surface area (Å²) in [6, 6.07) is 0. The Hall–Kier alpha value is -2.38. The number of esters is 1. The van der Waals surface area contributed by atoms with Gasteiger partial charge >= 0.3 is 23.0 Å². The van der Waals surface area contributed by atoms with Crippen molar-refractivity contribution in [2.75, 3.05) is 0 Å². The number of hydrogen-bond donors (Lipinski definition) is 1. The van der Waals surface area contributed by atoms with Crippen molar-refractivity contribution in [3.8, 4) is 0 Å². The lowest BCUT2D eigenvalue weighted by atomic mass is 10.4. The van der Waals surface area contributed by atoms with Crippen molar-refractivity contribution in [3.05, 3.63) is 43.6 Å². The first-order valence-electron chi connectivity index (χ1n) is 4.74. The lowest BCUT2D eigenvalue weighted by molar-refractivity contribution is -0.149. The zero-order valence-corrected chi connectivity index (χ0v) is 8.93. The van der Waals surface area contributed by atoms with E-state index in [1.807, 2.05) is 4.98 Å². The van der Waals surface area contributed by atoms with Crippen LogP contribution in [0.1, 0.15) is 13.2 Å². The molecular formula is C9H9N3O5. The molecule has 0 radical (unpaired) electrons. The number of nitrogens with one attached hydrogen (secondary N) is 1. The van der Waals surface area contributed by atoms with Gasteiger partial charge in [-0.1, -0.05) is 6.58 Å². The maximum Gasteiger partial charge on any atom is 0.339 e. The number of H-pyrrole nitrogens is 1. The molecule has 2 bridgehead atoms. The molecule has 17 heavy (non-hydrogen) atoms. The summed E-state index contributed by atoms with van der Waals surface area (Å²) in [5, 5.41) is 0. The lowest BCUT2D eigenvalue weighted by Crippen LogP contribution is -2.43. The molecule has 1 aliphatic rings. The van der Waals surface area contributed by atoms with Crippen LogP contribution in [0.5, 0.6) is 0 Å². The zero-order valence-electron chi connectivity index (χ0n) is 8.93. The second-order valence-electron chi connectivity index (χ2n) is 3.64. The van der Waals surface area contributed by atoms with Gasteiger partial charge in [-0.25, -0.2) is 28.3 Å². The predicted octanol–water partition coefficient (Wildman–Crippen LogP) is -1.67. The topological polar surface area (TPSA) is 103 Å². The fourth-order valence-electron chi connectivity index (χ4n) is 1.49. The molecular weight excluding hydrogens is 230 g/mol. The van der Waals surface area contributed by atoms with Crippen LogP contribution in [0.15, 0.2) is 26.5 Å². The molecule has 1 unspecified atom stereocenters. The molecule has 2 rings (SSSR count). The summed E-state index contributed by atoms with van der Waals surface area (Å²) in [6.07, 6.45) is -1.10. The molecule has 90 valence electrons. The monoisotopic (exact) mass is 239 g/mol. The number of aromatic amines is 1. The van der Waals surface area contributed by atoms with Crippen LogP contribution in [0.3, 0.4) is 0 Å². The van der Waals surface area contributed by atoms with Crippen LogP contribution < -0.4 is 17.1 Å². The molecule has 1 aromatic heterocycles. The van der Waals surface area contributed by atoms with Gasteiger partial charge in [0.15, 0.2) is 0 Å². The quantitative estimate of drug-likeness (QED) is 0.491. The van der Waals surface area contributed by atoms with Gasteiger partial charge in [0.2, 0.25) is 6.23 Å². The number of ether oxygens (including phenoxy) is 1. The third kappa shape index (κ3) is 1.63. The molecule has 1 N–H and O–H groups in total. The maximum atomic E-state index is 11.5. The minimum Gasteiger partial charge on any atom is -0.436 e. The van der Waals surface area contributed by atoms with Gasteiger partial charge in [-0.05, 0) is 6.92 Å². The van der Waals surface area contributed by atoms with Gasteiger partial charge < -0.3 is 4.74 Å². The van der Waals surface area contributed by atoms with Crippen LogP contribution >= 0.6 is 0 Å². The van der Waals surface area contributed by atoms with E-state index in [0.717, 1.165) is 4.57 Å². The van der Waals surface area contributed by atoms with Crippen LogP contribution in [0, 0.1) is 0 Å². The van der Waals surface area contributed by atoms with Gasteiger partial charge in [0.05, 0.1) is 6.54 Å². The smallest absolute Gasteiger partial charge is 0.339 e. The van der Waals surface area contributed by atoms with Crippen molar-refractivity contribution in [1.29, 1.82) is 0 Å². The Bertz CT molecular complexity index is 677. The third-order valence-electron chi connectivity index (χ3n) is 2.33. The van der Waals surface area contributed by atoms with E-state index < -0.39 is 29.3 Å². The zero-order chi connectivity index (χ0) is 12.7. The highest BCUT2D eigenvalue weighted by Gasteiger charge is 2.30. The standard InChI is InChI=1S/C9H9N3O5/c1-4(2)6(13)17-5-3-11-7(14)10-8(15)12(5)9(11)16/h5H,1,3H2,2H3,(H,10,14,15). The van der Waals surface area contributed by atoms with Crippen LogP contribution in [-0.2, 0) is 16.1 Å². The van der Waals surface area contributed by atoms with Crippen molar-refractivity contribution in [3.63, 3.8) is 0 Å². The van der Waals surface area contributed by atoms with Gasteiger partial charge in [0.25, 0.3) is 0 Å². The summed E-state index contributed by atoms with van der Waals surface area (Å²) >= 11 is 0. The molecule has 0 amide bonds. The number of fused-ring (bicyclic) bond motifs is 2. The van der Waals surface area contributed by atoms with Gasteiger partial charge in [-0.2, -0.15) is 0 Å². The van der Waals surface area contributed by atoms with Gasteiger partial charge in [0, 0.05) is 5.57 Å². The van der Waals surface area contributed by atoms with Crippen molar-refractivity contribution in [2.24, 2.45) is 0 Å². The second-order valence-corrected chi connectivity index (χ2v) is 3.64. The summed E-state index contributed by atoms with van der Waals surface area (Å²) in [7, 11) is 0. The van der Waals surface area contributed by atoms with Crippen molar-refractivity contribution < 1.29 is 9.53 Å². The molecule has 0 saturated carbocycles. The SMILES string of the molecule is C=C(C)C(=O)OC1Cn2c(=O)[nH]c(=O)n1c2=O. The Morgan fingerprint density at radius 1 is 1.41 bits per heavy atom. The number of carbonyl (C=O) groups excluding carboxylic acids is 1.